The second-order valence-electron chi connectivity index (χ2n) is 5.38. The maximum atomic E-state index is 5.63. The van der Waals surface area contributed by atoms with Crippen molar-refractivity contribution in [2.24, 2.45) is 0 Å². The van der Waals surface area contributed by atoms with Gasteiger partial charge in [0.05, 0.1) is 6.10 Å². The first kappa shape index (κ1) is 14.8. The van der Waals surface area contributed by atoms with Crippen molar-refractivity contribution in [2.45, 2.75) is 58.6 Å². The second-order valence-corrected chi connectivity index (χ2v) is 5.38. The van der Waals surface area contributed by atoms with E-state index in [0.717, 1.165) is 12.5 Å². The molecule has 0 aromatic carbocycles. The number of hydrogen-bond donors (Lipinski definition) is 1. The van der Waals surface area contributed by atoms with Crippen molar-refractivity contribution in [3.8, 4) is 6.01 Å². The highest BCUT2D eigenvalue weighted by atomic mass is 16.5. The highest BCUT2D eigenvalue weighted by Crippen LogP contribution is 2.27. The van der Waals surface area contributed by atoms with E-state index in [0.29, 0.717) is 18.0 Å². The zero-order valence-electron chi connectivity index (χ0n) is 12.9. The Balaban J connectivity index is 2.27. The van der Waals surface area contributed by atoms with E-state index in [1.54, 1.807) is 0 Å². The maximum absolute atomic E-state index is 5.63. The first-order chi connectivity index (χ1) is 9.63. The fraction of sp³-hybridized carbons (Fsp3) is 0.786. The van der Waals surface area contributed by atoms with Gasteiger partial charge in [-0.1, -0.05) is 12.8 Å². The SMILES string of the molecule is CCN(c1nc(NC)nc(OC(C)C)n1)C1CCCC1. The van der Waals surface area contributed by atoms with Crippen molar-refractivity contribution in [3.63, 3.8) is 0 Å². The topological polar surface area (TPSA) is 63.2 Å². The van der Waals surface area contributed by atoms with E-state index in [4.69, 9.17) is 4.74 Å². The molecule has 6 heteroatoms. The summed E-state index contributed by atoms with van der Waals surface area (Å²) in [4.78, 5) is 15.5. The van der Waals surface area contributed by atoms with Gasteiger partial charge in [-0.2, -0.15) is 15.0 Å². The molecule has 0 atom stereocenters. The quantitative estimate of drug-likeness (QED) is 0.863. The maximum Gasteiger partial charge on any atom is 0.323 e. The zero-order valence-corrected chi connectivity index (χ0v) is 12.9. The Labute approximate surface area is 121 Å². The van der Waals surface area contributed by atoms with Crippen LogP contribution in [0.15, 0.2) is 0 Å². The summed E-state index contributed by atoms with van der Waals surface area (Å²) in [5, 5.41) is 2.98. The average Bonchev–Trinajstić information content (AvgIpc) is 2.92. The Bertz CT molecular complexity index is 432. The Morgan fingerprint density at radius 2 is 1.95 bits per heavy atom. The number of anilines is 2. The molecule has 20 heavy (non-hydrogen) atoms. The van der Waals surface area contributed by atoms with Crippen LogP contribution in [0.25, 0.3) is 0 Å². The van der Waals surface area contributed by atoms with Crippen LogP contribution in [0.3, 0.4) is 0 Å². The Morgan fingerprint density at radius 1 is 1.25 bits per heavy atom. The number of rotatable bonds is 6. The van der Waals surface area contributed by atoms with Crippen molar-refractivity contribution in [3.05, 3.63) is 0 Å². The molecule has 1 heterocycles. The summed E-state index contributed by atoms with van der Waals surface area (Å²) in [5.41, 5.74) is 0. The van der Waals surface area contributed by atoms with Gasteiger partial charge in [0.15, 0.2) is 0 Å². The number of hydrogen-bond acceptors (Lipinski definition) is 6. The summed E-state index contributed by atoms with van der Waals surface area (Å²) in [7, 11) is 1.81. The molecule has 1 aromatic heterocycles. The first-order valence-corrected chi connectivity index (χ1v) is 7.51. The van der Waals surface area contributed by atoms with Crippen LogP contribution in [0.5, 0.6) is 6.01 Å². The average molecular weight is 279 g/mol. The molecule has 0 saturated heterocycles. The van der Waals surface area contributed by atoms with E-state index >= 15 is 0 Å². The fourth-order valence-corrected chi connectivity index (χ4v) is 2.63. The highest BCUT2D eigenvalue weighted by Gasteiger charge is 2.24. The molecule has 0 aliphatic heterocycles. The molecule has 0 radical (unpaired) electrons. The van der Waals surface area contributed by atoms with Gasteiger partial charge in [-0.15, -0.1) is 0 Å². The third-order valence-electron chi connectivity index (χ3n) is 3.53. The zero-order chi connectivity index (χ0) is 14.5. The number of ether oxygens (including phenoxy) is 1. The lowest BCUT2D eigenvalue weighted by Crippen LogP contribution is -2.34. The van der Waals surface area contributed by atoms with E-state index < -0.39 is 0 Å². The molecule has 2 rings (SSSR count). The van der Waals surface area contributed by atoms with Crippen LogP contribution in [0.1, 0.15) is 46.5 Å². The minimum absolute atomic E-state index is 0.0523. The Morgan fingerprint density at radius 3 is 2.50 bits per heavy atom. The monoisotopic (exact) mass is 279 g/mol. The van der Waals surface area contributed by atoms with Gasteiger partial charge in [-0.3, -0.25) is 0 Å². The molecule has 0 bridgehead atoms. The highest BCUT2D eigenvalue weighted by molar-refractivity contribution is 5.39. The van der Waals surface area contributed by atoms with Gasteiger partial charge in [0.25, 0.3) is 0 Å². The molecule has 0 spiro atoms. The molecule has 1 aliphatic carbocycles. The lowest BCUT2D eigenvalue weighted by atomic mass is 10.2. The standard InChI is InChI=1S/C14H25N5O/c1-5-19(11-8-6-7-9-11)13-16-12(15-4)17-14(18-13)20-10(2)3/h10-11H,5-9H2,1-4H3,(H,15,16,17,18). The molecule has 1 N–H and O–H groups in total. The van der Waals surface area contributed by atoms with Crippen LogP contribution >= 0.6 is 0 Å². The molecule has 1 aliphatic rings. The van der Waals surface area contributed by atoms with Crippen LogP contribution < -0.4 is 15.0 Å². The van der Waals surface area contributed by atoms with Gasteiger partial charge in [0, 0.05) is 19.6 Å². The third-order valence-corrected chi connectivity index (χ3v) is 3.53. The van der Waals surface area contributed by atoms with Gasteiger partial charge >= 0.3 is 6.01 Å². The van der Waals surface area contributed by atoms with Gasteiger partial charge in [-0.05, 0) is 33.6 Å². The summed E-state index contributed by atoms with van der Waals surface area (Å²) in [6.45, 7) is 6.98. The van der Waals surface area contributed by atoms with Crippen LogP contribution in [0.4, 0.5) is 11.9 Å². The van der Waals surface area contributed by atoms with Gasteiger partial charge < -0.3 is 15.0 Å². The smallest absolute Gasteiger partial charge is 0.323 e. The van der Waals surface area contributed by atoms with Crippen molar-refractivity contribution in [1.82, 2.24) is 15.0 Å². The van der Waals surface area contributed by atoms with E-state index in [1.165, 1.54) is 25.7 Å². The first-order valence-electron chi connectivity index (χ1n) is 7.51. The van der Waals surface area contributed by atoms with Crippen LogP contribution in [0.2, 0.25) is 0 Å². The molecule has 1 saturated carbocycles. The van der Waals surface area contributed by atoms with E-state index in [9.17, 15) is 0 Å². The fourth-order valence-electron chi connectivity index (χ4n) is 2.63. The molecule has 0 unspecified atom stereocenters. The summed E-state index contributed by atoms with van der Waals surface area (Å²) in [5.74, 6) is 1.27. The number of nitrogens with one attached hydrogen (secondary N) is 1. The van der Waals surface area contributed by atoms with Crippen molar-refractivity contribution in [1.29, 1.82) is 0 Å². The van der Waals surface area contributed by atoms with Gasteiger partial charge in [0.2, 0.25) is 11.9 Å². The van der Waals surface area contributed by atoms with Gasteiger partial charge in [0.1, 0.15) is 0 Å². The number of aromatic nitrogens is 3. The lowest BCUT2D eigenvalue weighted by molar-refractivity contribution is 0.222. The predicted octanol–water partition coefficient (Wildman–Crippen LogP) is 2.47. The predicted molar refractivity (Wildman–Crippen MR) is 80.4 cm³/mol. The summed E-state index contributed by atoms with van der Waals surface area (Å²) >= 11 is 0. The van der Waals surface area contributed by atoms with Crippen molar-refractivity contribution in [2.75, 3.05) is 23.8 Å². The summed E-state index contributed by atoms with van der Waals surface area (Å²) < 4.78 is 5.63. The van der Waals surface area contributed by atoms with Crippen molar-refractivity contribution >= 4 is 11.9 Å². The lowest BCUT2D eigenvalue weighted by Gasteiger charge is -2.27. The molecule has 112 valence electrons. The molecule has 1 fully saturated rings. The normalized spacial score (nSPS) is 15.7. The Kier molecular flexibility index (Phi) is 4.98. The minimum Gasteiger partial charge on any atom is -0.461 e. The van der Waals surface area contributed by atoms with Crippen LogP contribution in [-0.2, 0) is 0 Å². The van der Waals surface area contributed by atoms with Gasteiger partial charge in [-0.25, -0.2) is 0 Å². The molecular weight excluding hydrogens is 254 g/mol. The molecule has 6 nitrogen and oxygen atoms in total. The minimum atomic E-state index is 0.0523. The third kappa shape index (κ3) is 3.49. The van der Waals surface area contributed by atoms with E-state index in [-0.39, 0.29) is 6.10 Å². The number of nitrogens with zero attached hydrogens (tertiary/aromatic N) is 4. The van der Waals surface area contributed by atoms with Crippen LogP contribution in [-0.4, -0.2) is 40.7 Å². The molecule has 1 aromatic rings. The Hall–Kier alpha value is -1.59. The van der Waals surface area contributed by atoms with E-state index in [2.05, 4.69) is 32.1 Å². The molecule has 0 amide bonds. The van der Waals surface area contributed by atoms with Crippen LogP contribution in [0, 0.1) is 0 Å². The largest absolute Gasteiger partial charge is 0.461 e. The molecular formula is C14H25N5O. The second kappa shape index (κ2) is 6.72. The summed E-state index contributed by atoms with van der Waals surface area (Å²) in [6.07, 6.45) is 5.07. The van der Waals surface area contributed by atoms with E-state index in [1.807, 2.05) is 20.9 Å². The van der Waals surface area contributed by atoms with Crippen molar-refractivity contribution < 1.29 is 4.74 Å². The summed E-state index contributed by atoms with van der Waals surface area (Å²) in [6, 6.07) is 0.935.